The number of thiocarbonyl (C=S) groups is 1. The van der Waals surface area contributed by atoms with Crippen molar-refractivity contribution in [2.45, 2.75) is 0 Å². The fourth-order valence-electron chi connectivity index (χ4n) is 1.60. The second-order valence-electron chi connectivity index (χ2n) is 4.00. The van der Waals surface area contributed by atoms with E-state index < -0.39 is 0 Å². The predicted molar refractivity (Wildman–Crippen MR) is 84.8 cm³/mol. The van der Waals surface area contributed by atoms with Gasteiger partial charge in [-0.3, -0.25) is 5.43 Å². The summed E-state index contributed by atoms with van der Waals surface area (Å²) in [6, 6.07) is 19.3. The van der Waals surface area contributed by atoms with E-state index in [4.69, 9.17) is 22.7 Å². The van der Waals surface area contributed by atoms with Gasteiger partial charge in [0, 0.05) is 5.56 Å². The molecule has 0 aliphatic heterocycles. The second kappa shape index (κ2) is 7.25. The molecule has 0 saturated heterocycles. The zero-order chi connectivity index (χ0) is 14.2. The van der Waals surface area contributed by atoms with E-state index in [0.717, 1.165) is 17.0 Å². The van der Waals surface area contributed by atoms with E-state index in [1.807, 2.05) is 60.7 Å². The van der Waals surface area contributed by atoms with Crippen LogP contribution in [0.25, 0.3) is 0 Å². The molecule has 0 fully saturated rings. The Labute approximate surface area is 123 Å². The zero-order valence-corrected chi connectivity index (χ0v) is 11.6. The van der Waals surface area contributed by atoms with Crippen molar-refractivity contribution in [2.75, 3.05) is 6.61 Å². The normalized spacial score (nSPS) is 10.9. The zero-order valence-electron chi connectivity index (χ0n) is 10.8. The molecule has 20 heavy (non-hydrogen) atoms. The van der Waals surface area contributed by atoms with Crippen molar-refractivity contribution in [1.29, 1.82) is 0 Å². The van der Waals surface area contributed by atoms with Crippen LogP contribution in [-0.2, 0) is 0 Å². The van der Waals surface area contributed by atoms with E-state index in [-0.39, 0.29) is 5.11 Å². The first-order chi connectivity index (χ1) is 9.75. The van der Waals surface area contributed by atoms with Crippen molar-refractivity contribution in [1.82, 2.24) is 5.43 Å². The molecule has 0 aliphatic carbocycles. The molecule has 2 rings (SSSR count). The van der Waals surface area contributed by atoms with Crippen molar-refractivity contribution in [2.24, 2.45) is 10.8 Å². The summed E-state index contributed by atoms with van der Waals surface area (Å²) in [5.74, 6) is 0.784. The minimum Gasteiger partial charge on any atom is -0.487 e. The fraction of sp³-hybridized carbons (Fsp3) is 0.0667. The first-order valence-electron chi connectivity index (χ1n) is 6.11. The SMILES string of the molecule is NC(=S)NN=C(COc1ccccc1)c1ccccc1. The molecule has 102 valence electrons. The third-order valence-corrected chi connectivity index (χ3v) is 2.62. The molecule has 0 radical (unpaired) electrons. The summed E-state index contributed by atoms with van der Waals surface area (Å²) in [7, 11) is 0. The Kier molecular flexibility index (Phi) is 5.08. The Morgan fingerprint density at radius 2 is 1.65 bits per heavy atom. The average Bonchev–Trinajstić information content (AvgIpc) is 2.49. The van der Waals surface area contributed by atoms with E-state index in [2.05, 4.69) is 10.5 Å². The highest BCUT2D eigenvalue weighted by atomic mass is 32.1. The van der Waals surface area contributed by atoms with Crippen molar-refractivity contribution in [3.05, 3.63) is 66.2 Å². The lowest BCUT2D eigenvalue weighted by molar-refractivity contribution is 0.376. The van der Waals surface area contributed by atoms with Gasteiger partial charge in [0.1, 0.15) is 18.1 Å². The molecule has 2 aromatic carbocycles. The lowest BCUT2D eigenvalue weighted by Gasteiger charge is -2.09. The highest BCUT2D eigenvalue weighted by Crippen LogP contribution is 2.09. The first-order valence-corrected chi connectivity index (χ1v) is 6.52. The number of hydrogen-bond acceptors (Lipinski definition) is 3. The van der Waals surface area contributed by atoms with Gasteiger partial charge in [-0.1, -0.05) is 48.5 Å². The van der Waals surface area contributed by atoms with Crippen LogP contribution in [0, 0.1) is 0 Å². The fourth-order valence-corrected chi connectivity index (χ4v) is 1.65. The van der Waals surface area contributed by atoms with Crippen LogP contribution in [0.5, 0.6) is 5.75 Å². The number of hydrazone groups is 1. The van der Waals surface area contributed by atoms with Gasteiger partial charge in [-0.15, -0.1) is 0 Å². The molecule has 0 atom stereocenters. The van der Waals surface area contributed by atoms with Gasteiger partial charge in [0.2, 0.25) is 0 Å². The van der Waals surface area contributed by atoms with Gasteiger partial charge < -0.3 is 10.5 Å². The number of para-hydroxylation sites is 1. The summed E-state index contributed by atoms with van der Waals surface area (Å²) in [5, 5.41) is 4.31. The Morgan fingerprint density at radius 1 is 1.05 bits per heavy atom. The van der Waals surface area contributed by atoms with Gasteiger partial charge in [0.05, 0.1) is 0 Å². The van der Waals surface area contributed by atoms with Crippen LogP contribution in [0.4, 0.5) is 0 Å². The smallest absolute Gasteiger partial charge is 0.184 e. The van der Waals surface area contributed by atoms with E-state index in [0.29, 0.717) is 6.61 Å². The van der Waals surface area contributed by atoms with Crippen LogP contribution in [0.15, 0.2) is 65.8 Å². The summed E-state index contributed by atoms with van der Waals surface area (Å²) < 4.78 is 5.70. The molecule has 2 aromatic rings. The van der Waals surface area contributed by atoms with E-state index >= 15 is 0 Å². The number of nitrogens with one attached hydrogen (secondary N) is 1. The van der Waals surface area contributed by atoms with Gasteiger partial charge in [-0.2, -0.15) is 5.10 Å². The summed E-state index contributed by atoms with van der Waals surface area (Å²) in [6.45, 7) is 0.323. The van der Waals surface area contributed by atoms with E-state index in [1.165, 1.54) is 0 Å². The molecule has 5 heteroatoms. The number of nitrogens with two attached hydrogens (primary N) is 1. The van der Waals surface area contributed by atoms with E-state index in [9.17, 15) is 0 Å². The minimum absolute atomic E-state index is 0.123. The minimum atomic E-state index is 0.123. The quantitative estimate of drug-likeness (QED) is 0.503. The van der Waals surface area contributed by atoms with Crippen LogP contribution >= 0.6 is 12.2 Å². The molecule has 0 aliphatic rings. The molecular weight excluding hydrogens is 270 g/mol. The lowest BCUT2D eigenvalue weighted by Crippen LogP contribution is -2.27. The molecule has 0 unspecified atom stereocenters. The Hall–Kier alpha value is -2.40. The average molecular weight is 285 g/mol. The maximum Gasteiger partial charge on any atom is 0.184 e. The van der Waals surface area contributed by atoms with Gasteiger partial charge in [0.15, 0.2) is 5.11 Å². The topological polar surface area (TPSA) is 59.6 Å². The van der Waals surface area contributed by atoms with Gasteiger partial charge in [-0.05, 0) is 24.4 Å². The highest BCUT2D eigenvalue weighted by Gasteiger charge is 2.05. The molecule has 0 bridgehead atoms. The summed E-state index contributed by atoms with van der Waals surface area (Å²) >= 11 is 4.76. The summed E-state index contributed by atoms with van der Waals surface area (Å²) in [4.78, 5) is 0. The van der Waals surface area contributed by atoms with Crippen molar-refractivity contribution in [3.8, 4) is 5.75 Å². The van der Waals surface area contributed by atoms with Crippen molar-refractivity contribution < 1.29 is 4.74 Å². The van der Waals surface area contributed by atoms with Crippen LogP contribution in [0.2, 0.25) is 0 Å². The highest BCUT2D eigenvalue weighted by molar-refractivity contribution is 7.80. The number of rotatable bonds is 5. The Balaban J connectivity index is 2.11. The number of ether oxygens (including phenoxy) is 1. The monoisotopic (exact) mass is 285 g/mol. The standard InChI is InChI=1S/C15H15N3OS/c16-15(20)18-17-14(12-7-3-1-4-8-12)11-19-13-9-5-2-6-10-13/h1-10H,11H2,(H3,16,18,20). The maximum absolute atomic E-state index is 5.70. The molecule has 0 aromatic heterocycles. The number of benzene rings is 2. The maximum atomic E-state index is 5.70. The molecule has 4 nitrogen and oxygen atoms in total. The molecule has 0 amide bonds. The number of nitrogens with zero attached hydrogens (tertiary/aromatic N) is 1. The Bertz CT molecular complexity index is 585. The molecular formula is C15H15N3OS. The van der Waals surface area contributed by atoms with Gasteiger partial charge >= 0.3 is 0 Å². The van der Waals surface area contributed by atoms with Crippen LogP contribution in [0.1, 0.15) is 5.56 Å². The third kappa shape index (κ3) is 4.37. The molecule has 0 spiro atoms. The summed E-state index contributed by atoms with van der Waals surface area (Å²) in [5.41, 5.74) is 9.67. The van der Waals surface area contributed by atoms with Crippen molar-refractivity contribution in [3.63, 3.8) is 0 Å². The molecule has 0 saturated carbocycles. The van der Waals surface area contributed by atoms with Crippen LogP contribution < -0.4 is 15.9 Å². The van der Waals surface area contributed by atoms with Gasteiger partial charge in [-0.25, -0.2) is 0 Å². The first kappa shape index (κ1) is 14.0. The number of hydrogen-bond donors (Lipinski definition) is 2. The largest absolute Gasteiger partial charge is 0.487 e. The third-order valence-electron chi connectivity index (χ3n) is 2.53. The molecule has 3 N–H and O–H groups in total. The summed E-state index contributed by atoms with van der Waals surface area (Å²) in [6.07, 6.45) is 0. The van der Waals surface area contributed by atoms with Crippen LogP contribution in [-0.4, -0.2) is 17.4 Å². The second-order valence-corrected chi connectivity index (χ2v) is 4.44. The van der Waals surface area contributed by atoms with Crippen molar-refractivity contribution >= 4 is 23.0 Å². The van der Waals surface area contributed by atoms with E-state index in [1.54, 1.807) is 0 Å². The predicted octanol–water partition coefficient (Wildman–Crippen LogP) is 2.30. The Morgan fingerprint density at radius 3 is 2.25 bits per heavy atom. The van der Waals surface area contributed by atoms with Crippen LogP contribution in [0.3, 0.4) is 0 Å². The lowest BCUT2D eigenvalue weighted by atomic mass is 10.1. The van der Waals surface area contributed by atoms with Gasteiger partial charge in [0.25, 0.3) is 0 Å². The molecule has 0 heterocycles.